The zero-order valence-corrected chi connectivity index (χ0v) is 24.0. The van der Waals surface area contributed by atoms with Crippen molar-refractivity contribution >= 4 is 29.7 Å². The maximum absolute atomic E-state index is 12.8. The number of anilines is 1. The fourth-order valence-electron chi connectivity index (χ4n) is 5.61. The Morgan fingerprint density at radius 2 is 1.62 bits per heavy atom. The Bertz CT molecular complexity index is 1490. The molecule has 0 saturated heterocycles. The van der Waals surface area contributed by atoms with Gasteiger partial charge in [-0.1, -0.05) is 73.9 Å². The van der Waals surface area contributed by atoms with Gasteiger partial charge in [0.25, 0.3) is 5.91 Å². The van der Waals surface area contributed by atoms with Gasteiger partial charge in [0.05, 0.1) is 23.8 Å². The largest absolute Gasteiger partial charge is 0.481 e. The quantitative estimate of drug-likeness (QED) is 0.200. The molecule has 7 nitrogen and oxygen atoms in total. The zero-order chi connectivity index (χ0) is 29.3. The average molecular weight is 563 g/mol. The predicted molar refractivity (Wildman–Crippen MR) is 168 cm³/mol. The summed E-state index contributed by atoms with van der Waals surface area (Å²) in [5.41, 5.74) is 5.67. The van der Waals surface area contributed by atoms with Crippen LogP contribution in [0.2, 0.25) is 0 Å². The minimum Gasteiger partial charge on any atom is -0.481 e. The number of hydrogen-bond donors (Lipinski definition) is 2. The van der Waals surface area contributed by atoms with Crippen LogP contribution < -0.4 is 5.32 Å². The number of carboxylic acid groups (broad SMARTS) is 1. The Morgan fingerprint density at radius 3 is 2.29 bits per heavy atom. The zero-order valence-electron chi connectivity index (χ0n) is 24.0. The molecule has 7 heteroatoms. The molecule has 1 unspecified atom stereocenters. The maximum atomic E-state index is 12.8. The van der Waals surface area contributed by atoms with Crippen molar-refractivity contribution in [3.05, 3.63) is 114 Å². The lowest BCUT2D eigenvalue weighted by molar-refractivity contribution is -0.137. The first-order valence-corrected chi connectivity index (χ1v) is 14.7. The molecule has 1 aromatic heterocycles. The number of carboxylic acids is 1. The summed E-state index contributed by atoms with van der Waals surface area (Å²) in [6.45, 7) is 0.169. The van der Waals surface area contributed by atoms with Crippen LogP contribution in [0.25, 0.3) is 17.8 Å². The van der Waals surface area contributed by atoms with Crippen LogP contribution in [0, 0.1) is 5.92 Å². The Kier molecular flexibility index (Phi) is 9.49. The van der Waals surface area contributed by atoms with Crippen molar-refractivity contribution in [1.82, 2.24) is 14.7 Å². The van der Waals surface area contributed by atoms with E-state index in [0.717, 1.165) is 41.0 Å². The number of para-hydroxylation sites is 1. The first-order chi connectivity index (χ1) is 20.5. The number of nitrogens with one attached hydrogen (secondary N) is 1. The van der Waals surface area contributed by atoms with E-state index in [4.69, 9.17) is 10.2 Å². The molecule has 1 saturated carbocycles. The van der Waals surface area contributed by atoms with Gasteiger partial charge in [-0.3, -0.25) is 9.59 Å². The van der Waals surface area contributed by atoms with Gasteiger partial charge in [0, 0.05) is 36.6 Å². The van der Waals surface area contributed by atoms with Crippen molar-refractivity contribution in [2.24, 2.45) is 5.92 Å². The SMILES string of the molecule is CN(CCC(=O)O)C(=O)c1ccc(NC(c2cn(-c3ccccc3)nc2C=Cc2ccccc2)C2CCCCC2)cc1. The minimum absolute atomic E-state index is 0.0398. The molecule has 1 heterocycles. The van der Waals surface area contributed by atoms with E-state index in [1.807, 2.05) is 65.3 Å². The molecule has 1 aliphatic rings. The van der Waals surface area contributed by atoms with Gasteiger partial charge in [0.1, 0.15) is 0 Å². The molecule has 216 valence electrons. The van der Waals surface area contributed by atoms with Crippen LogP contribution in [0.1, 0.15) is 71.7 Å². The third-order valence-corrected chi connectivity index (χ3v) is 7.94. The molecule has 0 bridgehead atoms. The fourth-order valence-corrected chi connectivity index (χ4v) is 5.61. The van der Waals surface area contributed by atoms with Crippen molar-refractivity contribution in [1.29, 1.82) is 0 Å². The van der Waals surface area contributed by atoms with Crippen LogP contribution in [-0.4, -0.2) is 45.3 Å². The van der Waals surface area contributed by atoms with Crippen molar-refractivity contribution in [3.8, 4) is 5.69 Å². The lowest BCUT2D eigenvalue weighted by atomic mass is 9.81. The van der Waals surface area contributed by atoms with Crippen molar-refractivity contribution in [2.45, 2.75) is 44.6 Å². The summed E-state index contributed by atoms with van der Waals surface area (Å²) >= 11 is 0. The Labute approximate surface area is 247 Å². The highest BCUT2D eigenvalue weighted by Crippen LogP contribution is 2.38. The van der Waals surface area contributed by atoms with Gasteiger partial charge in [-0.15, -0.1) is 0 Å². The molecular weight excluding hydrogens is 524 g/mol. The van der Waals surface area contributed by atoms with Crippen LogP contribution in [0.5, 0.6) is 0 Å². The molecule has 0 aliphatic heterocycles. The van der Waals surface area contributed by atoms with Gasteiger partial charge in [0.2, 0.25) is 0 Å². The number of nitrogens with zero attached hydrogens (tertiary/aromatic N) is 3. The van der Waals surface area contributed by atoms with Crippen LogP contribution in [0.3, 0.4) is 0 Å². The van der Waals surface area contributed by atoms with E-state index in [1.165, 1.54) is 24.2 Å². The van der Waals surface area contributed by atoms with Gasteiger partial charge in [0.15, 0.2) is 0 Å². The second kappa shape index (κ2) is 13.8. The summed E-state index contributed by atoms with van der Waals surface area (Å²) in [5, 5.41) is 17.8. The highest BCUT2D eigenvalue weighted by Gasteiger charge is 2.29. The monoisotopic (exact) mass is 562 g/mol. The number of carbonyl (C=O) groups is 2. The van der Waals surface area contributed by atoms with Crippen molar-refractivity contribution in [2.75, 3.05) is 18.9 Å². The molecule has 0 radical (unpaired) electrons. The molecule has 1 fully saturated rings. The van der Waals surface area contributed by atoms with Gasteiger partial charge < -0.3 is 15.3 Å². The Morgan fingerprint density at radius 1 is 0.952 bits per heavy atom. The normalized spacial score (nSPS) is 14.5. The fraction of sp³-hybridized carbons (Fsp3) is 0.286. The van der Waals surface area contributed by atoms with E-state index < -0.39 is 5.97 Å². The highest BCUT2D eigenvalue weighted by atomic mass is 16.4. The van der Waals surface area contributed by atoms with Gasteiger partial charge in [-0.25, -0.2) is 4.68 Å². The molecule has 1 atom stereocenters. The second-order valence-electron chi connectivity index (χ2n) is 11.0. The van der Waals surface area contributed by atoms with Crippen LogP contribution in [-0.2, 0) is 4.79 Å². The highest BCUT2D eigenvalue weighted by molar-refractivity contribution is 5.94. The number of aromatic nitrogens is 2. The van der Waals surface area contributed by atoms with Gasteiger partial charge >= 0.3 is 5.97 Å². The first kappa shape index (κ1) is 28.9. The number of carbonyl (C=O) groups excluding carboxylic acids is 1. The molecular formula is C35H38N4O3. The average Bonchev–Trinajstić information content (AvgIpc) is 3.46. The standard InChI is InChI=1S/C35H38N4O3/c1-38(24-23-33(40)41)35(42)28-18-20-29(21-19-28)36-34(27-13-7-3-8-14-27)31-25-39(30-15-9-4-10-16-30)37-32(31)22-17-26-11-5-2-6-12-26/h2,4-6,9-12,15-22,25,27,34,36H,3,7-8,13-14,23-24H2,1H3,(H,40,41). The lowest BCUT2D eigenvalue weighted by Crippen LogP contribution is -2.29. The summed E-state index contributed by atoms with van der Waals surface area (Å²) < 4.78 is 1.96. The molecule has 0 spiro atoms. The van der Waals surface area contributed by atoms with Crippen molar-refractivity contribution < 1.29 is 14.7 Å². The van der Waals surface area contributed by atoms with Crippen LogP contribution >= 0.6 is 0 Å². The Hall–Kier alpha value is -4.65. The Balaban J connectivity index is 1.46. The number of benzene rings is 3. The molecule has 42 heavy (non-hydrogen) atoms. The molecule has 2 N–H and O–H groups in total. The summed E-state index contributed by atoms with van der Waals surface area (Å²) in [5.74, 6) is -0.667. The van der Waals surface area contributed by atoms with E-state index >= 15 is 0 Å². The summed E-state index contributed by atoms with van der Waals surface area (Å²) in [7, 11) is 1.63. The number of amides is 1. The molecule has 4 aromatic rings. The van der Waals surface area contributed by atoms with Crippen molar-refractivity contribution in [3.63, 3.8) is 0 Å². The van der Waals surface area contributed by atoms with E-state index in [9.17, 15) is 9.59 Å². The second-order valence-corrected chi connectivity index (χ2v) is 11.0. The lowest BCUT2D eigenvalue weighted by Gasteiger charge is -2.31. The summed E-state index contributed by atoms with van der Waals surface area (Å²) in [6.07, 6.45) is 12.3. The number of hydrogen-bond acceptors (Lipinski definition) is 4. The van der Waals surface area contributed by atoms with E-state index in [1.54, 1.807) is 7.05 Å². The maximum Gasteiger partial charge on any atom is 0.305 e. The number of aliphatic carboxylic acids is 1. The molecule has 3 aromatic carbocycles. The summed E-state index contributed by atoms with van der Waals surface area (Å²) in [4.78, 5) is 25.2. The van der Waals surface area contributed by atoms with E-state index in [-0.39, 0.29) is 24.9 Å². The van der Waals surface area contributed by atoms with Gasteiger partial charge in [-0.2, -0.15) is 5.10 Å². The predicted octanol–water partition coefficient (Wildman–Crippen LogP) is 7.32. The smallest absolute Gasteiger partial charge is 0.305 e. The molecule has 1 amide bonds. The van der Waals surface area contributed by atoms with E-state index in [0.29, 0.717) is 11.5 Å². The topological polar surface area (TPSA) is 87.5 Å². The van der Waals surface area contributed by atoms with Gasteiger partial charge in [-0.05, 0) is 66.8 Å². The third kappa shape index (κ3) is 7.35. The first-order valence-electron chi connectivity index (χ1n) is 14.7. The van der Waals surface area contributed by atoms with Crippen LogP contribution in [0.15, 0.2) is 91.1 Å². The van der Waals surface area contributed by atoms with Crippen LogP contribution in [0.4, 0.5) is 5.69 Å². The minimum atomic E-state index is -0.920. The van der Waals surface area contributed by atoms with E-state index in [2.05, 4.69) is 47.9 Å². The third-order valence-electron chi connectivity index (χ3n) is 7.94. The molecule has 1 aliphatic carbocycles. The number of rotatable bonds is 11. The molecule has 5 rings (SSSR count). The summed E-state index contributed by atoms with van der Waals surface area (Å²) in [6, 6.07) is 28.0.